The highest BCUT2D eigenvalue weighted by atomic mass is 19.3. The molecule has 7 nitrogen and oxygen atoms in total. The number of nitrogens with zero attached hydrogens (tertiary/aromatic N) is 5. The first kappa shape index (κ1) is 19.9. The number of benzene rings is 1. The van der Waals surface area contributed by atoms with Crippen molar-refractivity contribution in [2.75, 3.05) is 13.1 Å². The highest BCUT2D eigenvalue weighted by Crippen LogP contribution is 2.34. The van der Waals surface area contributed by atoms with E-state index in [1.165, 1.54) is 0 Å². The Kier molecular flexibility index (Phi) is 4.44. The highest BCUT2D eigenvalue weighted by Gasteiger charge is 2.37. The Bertz CT molecular complexity index is 1460. The Hall–Kier alpha value is -3.79. The number of pyridine rings is 2. The van der Waals surface area contributed by atoms with Gasteiger partial charge in [0, 0.05) is 49.2 Å². The molecule has 5 heterocycles. The van der Waals surface area contributed by atoms with Crippen molar-refractivity contribution in [2.24, 2.45) is 0 Å². The Balaban J connectivity index is 1.39. The number of fused-ring (bicyclic) bond motifs is 2. The third-order valence-electron chi connectivity index (χ3n) is 5.91. The lowest BCUT2D eigenvalue weighted by molar-refractivity contribution is 0.0115. The van der Waals surface area contributed by atoms with Crippen molar-refractivity contribution < 1.29 is 13.2 Å². The molecular weight excluding hydrogens is 431 g/mol. The first-order valence-corrected chi connectivity index (χ1v) is 10.5. The van der Waals surface area contributed by atoms with E-state index in [9.17, 15) is 8.78 Å². The summed E-state index contributed by atoms with van der Waals surface area (Å²) in [6.07, 6.45) is 4.68. The van der Waals surface area contributed by atoms with Gasteiger partial charge in [-0.2, -0.15) is 5.10 Å². The number of hydrogen-bond donors (Lipinski definition) is 2. The standard InChI is InChI=1S/C23H18F3N7/c24-19-15(14-8-13(9-27-10-14)11-33-7-5-23(25,26)12-33)3-4-16-18(19)20(32-31-16)22-29-17-2-1-6-28-21(17)30-22/h1-4,6,8-10H,5,7,11-12H2,(H,31,32)(H,28,29,30). The lowest BCUT2D eigenvalue weighted by Gasteiger charge is -2.16. The van der Waals surface area contributed by atoms with Crippen molar-refractivity contribution in [1.29, 1.82) is 0 Å². The van der Waals surface area contributed by atoms with E-state index in [0.29, 0.717) is 52.3 Å². The molecule has 0 aliphatic carbocycles. The van der Waals surface area contributed by atoms with Crippen LogP contribution in [0, 0.1) is 5.82 Å². The van der Waals surface area contributed by atoms with Crippen LogP contribution in [0.25, 0.3) is 44.7 Å². The van der Waals surface area contributed by atoms with Crippen molar-refractivity contribution in [3.63, 3.8) is 0 Å². The van der Waals surface area contributed by atoms with Crippen LogP contribution in [0.3, 0.4) is 0 Å². The predicted molar refractivity (Wildman–Crippen MR) is 117 cm³/mol. The summed E-state index contributed by atoms with van der Waals surface area (Å²) in [4.78, 5) is 17.7. The first-order chi connectivity index (χ1) is 16.0. The van der Waals surface area contributed by atoms with Crippen LogP contribution in [0.2, 0.25) is 0 Å². The van der Waals surface area contributed by atoms with Gasteiger partial charge in [-0.15, -0.1) is 0 Å². The Morgan fingerprint density at radius 2 is 2.03 bits per heavy atom. The molecule has 166 valence electrons. The van der Waals surface area contributed by atoms with Gasteiger partial charge in [-0.3, -0.25) is 15.0 Å². The summed E-state index contributed by atoms with van der Waals surface area (Å²) in [5.41, 5.74) is 3.79. The molecule has 1 aromatic carbocycles. The van der Waals surface area contributed by atoms with Crippen LogP contribution in [0.1, 0.15) is 12.0 Å². The lowest BCUT2D eigenvalue weighted by Crippen LogP contribution is -2.24. The van der Waals surface area contributed by atoms with Crippen LogP contribution in [0.4, 0.5) is 13.2 Å². The van der Waals surface area contributed by atoms with E-state index in [1.54, 1.807) is 47.8 Å². The molecule has 5 aromatic rings. The largest absolute Gasteiger partial charge is 0.335 e. The average molecular weight is 449 g/mol. The Labute approximate surface area is 185 Å². The number of aromatic amines is 2. The topological polar surface area (TPSA) is 86.4 Å². The first-order valence-electron chi connectivity index (χ1n) is 10.5. The molecule has 1 aliphatic rings. The molecule has 1 fully saturated rings. The van der Waals surface area contributed by atoms with Gasteiger partial charge in [0.05, 0.1) is 23.0 Å². The number of nitrogens with one attached hydrogen (secondary N) is 2. The normalized spacial score (nSPS) is 16.2. The number of alkyl halides is 2. The van der Waals surface area contributed by atoms with Crippen LogP contribution >= 0.6 is 0 Å². The second kappa shape index (κ2) is 7.38. The zero-order valence-electron chi connectivity index (χ0n) is 17.3. The van der Waals surface area contributed by atoms with Crippen LogP contribution in [0.15, 0.2) is 48.9 Å². The smallest absolute Gasteiger partial charge is 0.261 e. The molecule has 0 bridgehead atoms. The molecule has 33 heavy (non-hydrogen) atoms. The third-order valence-corrected chi connectivity index (χ3v) is 5.91. The maximum Gasteiger partial charge on any atom is 0.261 e. The quantitative estimate of drug-likeness (QED) is 0.421. The summed E-state index contributed by atoms with van der Waals surface area (Å²) >= 11 is 0. The molecule has 0 amide bonds. The number of likely N-dealkylation sites (tertiary alicyclic amines) is 1. The maximum atomic E-state index is 15.8. The van der Waals surface area contributed by atoms with Crippen molar-refractivity contribution in [3.8, 4) is 22.6 Å². The van der Waals surface area contributed by atoms with Gasteiger partial charge in [-0.25, -0.2) is 23.1 Å². The number of halogens is 3. The summed E-state index contributed by atoms with van der Waals surface area (Å²) in [5.74, 6) is -2.71. The average Bonchev–Trinajstić information content (AvgIpc) is 3.50. The minimum absolute atomic E-state index is 0.147. The number of imidazole rings is 1. The molecule has 6 rings (SSSR count). The Morgan fingerprint density at radius 3 is 2.85 bits per heavy atom. The van der Waals surface area contributed by atoms with Gasteiger partial charge in [-0.05, 0) is 35.9 Å². The van der Waals surface area contributed by atoms with Gasteiger partial charge < -0.3 is 4.98 Å². The summed E-state index contributed by atoms with van der Waals surface area (Å²) in [6, 6.07) is 8.82. The van der Waals surface area contributed by atoms with E-state index in [0.717, 1.165) is 11.1 Å². The van der Waals surface area contributed by atoms with Crippen LogP contribution < -0.4 is 0 Å². The molecule has 0 saturated carbocycles. The van der Waals surface area contributed by atoms with E-state index < -0.39 is 11.7 Å². The molecule has 0 spiro atoms. The molecule has 1 aliphatic heterocycles. The Morgan fingerprint density at radius 1 is 1.12 bits per heavy atom. The fraction of sp³-hybridized carbons (Fsp3) is 0.217. The zero-order chi connectivity index (χ0) is 22.6. The van der Waals surface area contributed by atoms with Gasteiger partial charge in [0.1, 0.15) is 11.5 Å². The van der Waals surface area contributed by atoms with E-state index in [2.05, 4.69) is 30.1 Å². The fourth-order valence-electron chi connectivity index (χ4n) is 4.35. The monoisotopic (exact) mass is 449 g/mol. The van der Waals surface area contributed by atoms with Gasteiger partial charge in [0.25, 0.3) is 5.92 Å². The second-order valence-electron chi connectivity index (χ2n) is 8.28. The SMILES string of the molecule is Fc1c(-c2cncc(CN3CCC(F)(F)C3)c2)ccc2[nH]nc(-c3nc4ncccc4[nH]3)c12. The summed E-state index contributed by atoms with van der Waals surface area (Å²) < 4.78 is 42.8. The van der Waals surface area contributed by atoms with Gasteiger partial charge in [0.15, 0.2) is 11.5 Å². The van der Waals surface area contributed by atoms with E-state index >= 15 is 4.39 Å². The molecule has 0 unspecified atom stereocenters. The number of H-pyrrole nitrogens is 2. The van der Waals surface area contributed by atoms with Crippen molar-refractivity contribution in [3.05, 3.63) is 60.3 Å². The third kappa shape index (κ3) is 3.52. The minimum Gasteiger partial charge on any atom is -0.335 e. The van der Waals surface area contributed by atoms with Crippen LogP contribution in [0.5, 0.6) is 0 Å². The molecule has 1 saturated heterocycles. The maximum absolute atomic E-state index is 15.8. The lowest BCUT2D eigenvalue weighted by atomic mass is 10.0. The van der Waals surface area contributed by atoms with E-state index in [4.69, 9.17) is 0 Å². The van der Waals surface area contributed by atoms with Crippen molar-refractivity contribution >= 4 is 22.1 Å². The molecule has 2 N–H and O–H groups in total. The number of aromatic nitrogens is 6. The van der Waals surface area contributed by atoms with Crippen LogP contribution in [-0.2, 0) is 6.54 Å². The second-order valence-corrected chi connectivity index (χ2v) is 8.28. The summed E-state index contributed by atoms with van der Waals surface area (Å²) in [7, 11) is 0. The highest BCUT2D eigenvalue weighted by molar-refractivity contribution is 5.96. The molecule has 0 atom stereocenters. The van der Waals surface area contributed by atoms with Crippen molar-refractivity contribution in [1.82, 2.24) is 35.0 Å². The van der Waals surface area contributed by atoms with Crippen LogP contribution in [-0.4, -0.2) is 54.0 Å². The molecular formula is C23H18F3N7. The van der Waals surface area contributed by atoms with Gasteiger partial charge in [0.2, 0.25) is 0 Å². The van der Waals surface area contributed by atoms with Gasteiger partial charge >= 0.3 is 0 Å². The van der Waals surface area contributed by atoms with Gasteiger partial charge in [-0.1, -0.05) is 0 Å². The zero-order valence-corrected chi connectivity index (χ0v) is 17.3. The summed E-state index contributed by atoms with van der Waals surface area (Å²) in [6.45, 7) is 0.383. The molecule has 10 heteroatoms. The minimum atomic E-state index is -2.66. The number of rotatable bonds is 4. The predicted octanol–water partition coefficient (Wildman–Crippen LogP) is 4.54. The van der Waals surface area contributed by atoms with Crippen molar-refractivity contribution in [2.45, 2.75) is 18.9 Å². The molecule has 4 aromatic heterocycles. The molecule has 0 radical (unpaired) electrons. The van der Waals surface area contributed by atoms with E-state index in [-0.39, 0.29) is 13.0 Å². The van der Waals surface area contributed by atoms with E-state index in [1.807, 2.05) is 6.07 Å². The fourth-order valence-corrected chi connectivity index (χ4v) is 4.35. The number of hydrogen-bond acceptors (Lipinski definition) is 5. The summed E-state index contributed by atoms with van der Waals surface area (Å²) in [5, 5.41) is 7.43.